The number of likely N-dealkylation sites (tertiary alicyclic amines) is 1. The quantitative estimate of drug-likeness (QED) is 0.585. The Morgan fingerprint density at radius 3 is 2.14 bits per heavy atom. The van der Waals surface area contributed by atoms with Crippen molar-refractivity contribution in [3.63, 3.8) is 0 Å². The minimum atomic E-state index is -1.17. The molecule has 1 saturated heterocycles. The van der Waals surface area contributed by atoms with E-state index in [9.17, 15) is 9.59 Å². The second kappa shape index (κ2) is 2.95. The number of nitrogens with zero attached hydrogens (tertiary/aromatic N) is 1. The lowest BCUT2D eigenvalue weighted by Gasteiger charge is -2.44. The third-order valence-electron chi connectivity index (χ3n) is 3.18. The van der Waals surface area contributed by atoms with Gasteiger partial charge < -0.3 is 15.1 Å². The molecular weight excluding hydrogens is 186 g/mol. The average molecular weight is 199 g/mol. The molecule has 2 fully saturated rings. The smallest absolute Gasteiger partial charge is 0.319 e. The fourth-order valence-corrected chi connectivity index (χ4v) is 1.97. The third kappa shape index (κ3) is 1.12. The molecule has 1 heterocycles. The Bertz CT molecular complexity index is 279. The third-order valence-corrected chi connectivity index (χ3v) is 3.18. The molecule has 0 bridgehead atoms. The normalized spacial score (nSPS) is 25.1. The number of β-amino-alcohol motifs (C(OH)–C–C–N with tert-alkyl or cyclic N) is 1. The number of amides is 1. The fourth-order valence-electron chi connectivity index (χ4n) is 1.97. The summed E-state index contributed by atoms with van der Waals surface area (Å²) in [7, 11) is 0. The zero-order valence-corrected chi connectivity index (χ0v) is 7.77. The van der Waals surface area contributed by atoms with E-state index in [4.69, 9.17) is 10.2 Å². The summed E-state index contributed by atoms with van der Waals surface area (Å²) in [5, 5.41) is 18.0. The maximum atomic E-state index is 11.8. The van der Waals surface area contributed by atoms with E-state index < -0.39 is 17.5 Å². The average Bonchev–Trinajstić information content (AvgIpc) is 1.95. The molecule has 1 amide bonds. The van der Waals surface area contributed by atoms with Crippen LogP contribution in [0.15, 0.2) is 0 Å². The highest BCUT2D eigenvalue weighted by molar-refractivity contribution is 6.03. The van der Waals surface area contributed by atoms with Gasteiger partial charge in [-0.2, -0.15) is 0 Å². The molecule has 1 aliphatic carbocycles. The van der Waals surface area contributed by atoms with Crippen LogP contribution in [0.4, 0.5) is 0 Å². The highest BCUT2D eigenvalue weighted by Gasteiger charge is 2.54. The SMILES string of the molecule is O=C(O)C1(C(=O)N2CC(O)C2)CCC1. The lowest BCUT2D eigenvalue weighted by atomic mass is 9.67. The predicted octanol–water partition coefficient (Wildman–Crippen LogP) is -0.556. The molecule has 0 radical (unpaired) electrons. The van der Waals surface area contributed by atoms with E-state index in [1.165, 1.54) is 4.90 Å². The Hall–Kier alpha value is -1.10. The van der Waals surface area contributed by atoms with Crippen molar-refractivity contribution in [3.05, 3.63) is 0 Å². The highest BCUT2D eigenvalue weighted by Crippen LogP contribution is 2.43. The molecule has 0 unspecified atom stereocenters. The van der Waals surface area contributed by atoms with E-state index in [0.717, 1.165) is 6.42 Å². The van der Waals surface area contributed by atoms with E-state index >= 15 is 0 Å². The second-order valence-corrected chi connectivity index (χ2v) is 4.10. The van der Waals surface area contributed by atoms with Crippen LogP contribution in [0.5, 0.6) is 0 Å². The molecule has 0 spiro atoms. The van der Waals surface area contributed by atoms with Crippen molar-refractivity contribution >= 4 is 11.9 Å². The Morgan fingerprint density at radius 2 is 1.86 bits per heavy atom. The molecule has 1 aliphatic heterocycles. The van der Waals surface area contributed by atoms with Gasteiger partial charge in [0.25, 0.3) is 0 Å². The molecule has 5 nitrogen and oxygen atoms in total. The molecular formula is C9H13NO4. The van der Waals surface area contributed by atoms with Crippen LogP contribution < -0.4 is 0 Å². The van der Waals surface area contributed by atoms with E-state index in [0.29, 0.717) is 12.8 Å². The summed E-state index contributed by atoms with van der Waals surface area (Å²) in [6, 6.07) is 0. The minimum absolute atomic E-state index is 0.286. The number of aliphatic carboxylic acids is 1. The standard InChI is InChI=1S/C9H13NO4/c11-6-4-10(5-6)7(12)9(8(13)14)2-1-3-9/h6,11H,1-5H2,(H,13,14). The zero-order chi connectivity index (χ0) is 10.3. The molecule has 78 valence electrons. The van der Waals surface area contributed by atoms with Gasteiger partial charge in [0.1, 0.15) is 5.41 Å². The number of carboxylic acids is 1. The first-order chi connectivity index (χ1) is 6.56. The van der Waals surface area contributed by atoms with Crippen LogP contribution in [0, 0.1) is 5.41 Å². The van der Waals surface area contributed by atoms with Gasteiger partial charge in [-0.15, -0.1) is 0 Å². The van der Waals surface area contributed by atoms with Crippen LogP contribution >= 0.6 is 0 Å². The minimum Gasteiger partial charge on any atom is -0.480 e. The van der Waals surface area contributed by atoms with Crippen molar-refractivity contribution < 1.29 is 19.8 Å². The summed E-state index contributed by atoms with van der Waals surface area (Å²) in [6.07, 6.45) is 1.21. The van der Waals surface area contributed by atoms with Crippen LogP contribution in [0.1, 0.15) is 19.3 Å². The molecule has 2 rings (SSSR count). The molecule has 0 aromatic rings. The van der Waals surface area contributed by atoms with Gasteiger partial charge in [0, 0.05) is 13.1 Å². The van der Waals surface area contributed by atoms with Crippen molar-refractivity contribution in [3.8, 4) is 0 Å². The fraction of sp³-hybridized carbons (Fsp3) is 0.778. The number of carbonyl (C=O) groups is 2. The van der Waals surface area contributed by atoms with Crippen LogP contribution in [-0.2, 0) is 9.59 Å². The van der Waals surface area contributed by atoms with Crippen molar-refractivity contribution in [2.45, 2.75) is 25.4 Å². The zero-order valence-electron chi connectivity index (χ0n) is 7.77. The molecule has 0 aromatic carbocycles. The van der Waals surface area contributed by atoms with Crippen molar-refractivity contribution in [1.29, 1.82) is 0 Å². The van der Waals surface area contributed by atoms with Crippen LogP contribution in [0.2, 0.25) is 0 Å². The molecule has 2 N–H and O–H groups in total. The van der Waals surface area contributed by atoms with Gasteiger partial charge in [-0.1, -0.05) is 6.42 Å². The second-order valence-electron chi connectivity index (χ2n) is 4.10. The van der Waals surface area contributed by atoms with Crippen LogP contribution in [-0.4, -0.2) is 46.2 Å². The van der Waals surface area contributed by atoms with Gasteiger partial charge in [-0.25, -0.2) is 0 Å². The van der Waals surface area contributed by atoms with E-state index in [2.05, 4.69) is 0 Å². The topological polar surface area (TPSA) is 77.8 Å². The summed E-state index contributed by atoms with van der Waals surface area (Å²) in [5.41, 5.74) is -1.17. The van der Waals surface area contributed by atoms with Gasteiger partial charge in [0.15, 0.2) is 0 Å². The maximum Gasteiger partial charge on any atom is 0.319 e. The van der Waals surface area contributed by atoms with E-state index in [1.807, 2.05) is 0 Å². The van der Waals surface area contributed by atoms with E-state index in [-0.39, 0.29) is 19.0 Å². The Labute approximate surface area is 81.3 Å². The predicted molar refractivity (Wildman–Crippen MR) is 46.5 cm³/mol. The molecule has 14 heavy (non-hydrogen) atoms. The molecule has 0 atom stereocenters. The van der Waals surface area contributed by atoms with Gasteiger partial charge >= 0.3 is 5.97 Å². The molecule has 5 heteroatoms. The van der Waals surface area contributed by atoms with E-state index in [1.54, 1.807) is 0 Å². The number of aliphatic hydroxyl groups is 1. The number of carbonyl (C=O) groups excluding carboxylic acids is 1. The summed E-state index contributed by atoms with van der Waals surface area (Å²) in [4.78, 5) is 24.1. The monoisotopic (exact) mass is 199 g/mol. The maximum absolute atomic E-state index is 11.8. The number of aliphatic hydroxyl groups excluding tert-OH is 1. The van der Waals surface area contributed by atoms with Gasteiger partial charge in [0.2, 0.25) is 5.91 Å². The van der Waals surface area contributed by atoms with Gasteiger partial charge in [0.05, 0.1) is 6.10 Å². The summed E-state index contributed by atoms with van der Waals surface area (Å²) < 4.78 is 0. The molecule has 1 saturated carbocycles. The Kier molecular flexibility index (Phi) is 1.99. The Balaban J connectivity index is 2.06. The largest absolute Gasteiger partial charge is 0.480 e. The number of hydrogen-bond donors (Lipinski definition) is 2. The van der Waals surface area contributed by atoms with Crippen LogP contribution in [0.25, 0.3) is 0 Å². The lowest BCUT2D eigenvalue weighted by molar-refractivity contribution is -0.173. The highest BCUT2D eigenvalue weighted by atomic mass is 16.4. The van der Waals surface area contributed by atoms with Gasteiger partial charge in [-0.3, -0.25) is 9.59 Å². The van der Waals surface area contributed by atoms with Crippen molar-refractivity contribution in [2.75, 3.05) is 13.1 Å². The van der Waals surface area contributed by atoms with Crippen LogP contribution in [0.3, 0.4) is 0 Å². The molecule has 2 aliphatic rings. The summed E-state index contributed by atoms with van der Waals surface area (Å²) in [5.74, 6) is -1.34. The number of rotatable bonds is 2. The first-order valence-electron chi connectivity index (χ1n) is 4.77. The summed E-state index contributed by atoms with van der Waals surface area (Å²) >= 11 is 0. The molecule has 0 aromatic heterocycles. The lowest BCUT2D eigenvalue weighted by Crippen LogP contribution is -2.61. The number of carboxylic acid groups (broad SMARTS) is 1. The first kappa shape index (κ1) is 9.45. The number of hydrogen-bond acceptors (Lipinski definition) is 3. The van der Waals surface area contributed by atoms with Gasteiger partial charge in [-0.05, 0) is 12.8 Å². The van der Waals surface area contributed by atoms with Crippen molar-refractivity contribution in [1.82, 2.24) is 4.90 Å². The van der Waals surface area contributed by atoms with Crippen molar-refractivity contribution in [2.24, 2.45) is 5.41 Å². The first-order valence-corrected chi connectivity index (χ1v) is 4.77. The Morgan fingerprint density at radius 1 is 1.29 bits per heavy atom. The summed E-state index contributed by atoms with van der Waals surface area (Å²) in [6.45, 7) is 0.571.